The van der Waals surface area contributed by atoms with E-state index >= 15 is 0 Å². The van der Waals surface area contributed by atoms with Gasteiger partial charge in [-0.25, -0.2) is 4.79 Å². The highest BCUT2D eigenvalue weighted by Crippen LogP contribution is 2.52. The van der Waals surface area contributed by atoms with Crippen molar-refractivity contribution >= 4 is 12.4 Å². The number of epoxide rings is 1. The van der Waals surface area contributed by atoms with Gasteiger partial charge in [-0.3, -0.25) is 0 Å². The number of hydrogen-bond acceptors (Lipinski definition) is 5. The van der Waals surface area contributed by atoms with Gasteiger partial charge in [-0.1, -0.05) is 6.92 Å². The van der Waals surface area contributed by atoms with E-state index in [1.807, 2.05) is 0 Å². The summed E-state index contributed by atoms with van der Waals surface area (Å²) in [6.07, 6.45) is 6.88. The number of aldehydes is 1. The molecule has 0 amide bonds. The monoisotopic (exact) mass is 294 g/mol. The third kappa shape index (κ3) is 2.17. The molecular weight excluding hydrogens is 272 g/mol. The number of fused-ring (bicyclic) bond motifs is 1. The molecule has 2 heterocycles. The van der Waals surface area contributed by atoms with E-state index in [1.165, 1.54) is 0 Å². The second-order valence-electron chi connectivity index (χ2n) is 7.22. The van der Waals surface area contributed by atoms with Gasteiger partial charge in [0.2, 0.25) is 0 Å². The summed E-state index contributed by atoms with van der Waals surface area (Å²) >= 11 is 0. The van der Waals surface area contributed by atoms with Gasteiger partial charge in [-0.2, -0.15) is 0 Å². The minimum absolute atomic E-state index is 0.00389. The van der Waals surface area contributed by atoms with E-state index in [2.05, 4.69) is 6.92 Å². The van der Waals surface area contributed by atoms with Crippen LogP contribution in [0.2, 0.25) is 0 Å². The molecule has 1 spiro atoms. The summed E-state index contributed by atoms with van der Waals surface area (Å²) < 4.78 is 16.4. The average molecular weight is 294 g/mol. The van der Waals surface area contributed by atoms with Crippen LogP contribution >= 0.6 is 0 Å². The quantitative estimate of drug-likeness (QED) is 0.455. The molecule has 2 aliphatic carbocycles. The molecule has 4 aliphatic rings. The highest BCUT2D eigenvalue weighted by Gasteiger charge is 2.59. The molecule has 21 heavy (non-hydrogen) atoms. The van der Waals surface area contributed by atoms with E-state index < -0.39 is 11.9 Å². The van der Waals surface area contributed by atoms with Crippen molar-refractivity contribution < 1.29 is 23.8 Å². The molecule has 2 aliphatic heterocycles. The van der Waals surface area contributed by atoms with Crippen LogP contribution in [0.1, 0.15) is 45.4 Å². The summed E-state index contributed by atoms with van der Waals surface area (Å²) in [5.41, 5.74) is 0. The van der Waals surface area contributed by atoms with Gasteiger partial charge in [0.25, 0.3) is 5.79 Å². The normalized spacial score (nSPS) is 46.8. The highest BCUT2D eigenvalue weighted by atomic mass is 16.9. The molecule has 4 rings (SSSR count). The molecule has 0 radical (unpaired) electrons. The summed E-state index contributed by atoms with van der Waals surface area (Å²) in [4.78, 5) is 22.6. The fourth-order valence-corrected chi connectivity index (χ4v) is 4.70. The summed E-state index contributed by atoms with van der Waals surface area (Å²) in [6.45, 7) is 2.27. The van der Waals surface area contributed by atoms with Gasteiger partial charge >= 0.3 is 6.16 Å². The van der Waals surface area contributed by atoms with E-state index in [0.29, 0.717) is 24.0 Å². The molecule has 0 N–H and O–H groups in total. The number of ether oxygens (including phenoxy) is 3. The fourth-order valence-electron chi connectivity index (χ4n) is 4.70. The first-order valence-electron chi connectivity index (χ1n) is 8.14. The van der Waals surface area contributed by atoms with Crippen LogP contribution in [0.25, 0.3) is 0 Å². The van der Waals surface area contributed by atoms with Gasteiger partial charge in [0.1, 0.15) is 6.29 Å². The molecule has 0 aromatic heterocycles. The van der Waals surface area contributed by atoms with Gasteiger partial charge in [0.05, 0.1) is 12.2 Å². The van der Waals surface area contributed by atoms with Gasteiger partial charge in [0.15, 0.2) is 0 Å². The highest BCUT2D eigenvalue weighted by molar-refractivity contribution is 5.66. The Morgan fingerprint density at radius 2 is 2.05 bits per heavy atom. The van der Waals surface area contributed by atoms with Crippen LogP contribution in [0.4, 0.5) is 4.79 Å². The molecule has 6 unspecified atom stereocenters. The van der Waals surface area contributed by atoms with Gasteiger partial charge in [-0.15, -0.1) is 0 Å². The molecule has 5 nitrogen and oxygen atoms in total. The Morgan fingerprint density at radius 3 is 2.76 bits per heavy atom. The van der Waals surface area contributed by atoms with Crippen LogP contribution in [0, 0.1) is 23.7 Å². The first-order valence-corrected chi connectivity index (χ1v) is 8.14. The SMILES string of the molecule is CC1CC2OC2CC1CC1C(C=O)CCCC12OC(=O)O2. The first-order chi connectivity index (χ1) is 10.1. The molecule has 2 saturated heterocycles. The van der Waals surface area contributed by atoms with Crippen LogP contribution in [-0.2, 0) is 19.0 Å². The molecule has 116 valence electrons. The van der Waals surface area contributed by atoms with Crippen molar-refractivity contribution in [3.8, 4) is 0 Å². The maximum atomic E-state index is 11.5. The lowest BCUT2D eigenvalue weighted by molar-refractivity contribution is -0.318. The third-order valence-electron chi connectivity index (χ3n) is 6.02. The van der Waals surface area contributed by atoms with Crippen LogP contribution in [0.3, 0.4) is 0 Å². The lowest BCUT2D eigenvalue weighted by Gasteiger charge is -2.50. The Kier molecular flexibility index (Phi) is 3.03. The average Bonchev–Trinajstić information content (AvgIpc) is 3.17. The van der Waals surface area contributed by atoms with Crippen molar-refractivity contribution in [3.63, 3.8) is 0 Å². The maximum absolute atomic E-state index is 11.5. The predicted molar refractivity (Wildman–Crippen MR) is 72.4 cm³/mol. The zero-order valence-electron chi connectivity index (χ0n) is 12.3. The molecule has 0 aromatic rings. The number of carbonyl (C=O) groups excluding carboxylic acids is 2. The van der Waals surface area contributed by atoms with Crippen LogP contribution in [0.15, 0.2) is 0 Å². The molecule has 4 fully saturated rings. The standard InChI is InChI=1S/C16H22O5/c1-9-5-13-14(19-13)7-11(9)6-12-10(8-17)3-2-4-16(12)20-15(18)21-16/h8-14H,2-7H2,1H3. The van der Waals surface area contributed by atoms with Crippen molar-refractivity contribution in [3.05, 3.63) is 0 Å². The molecular formula is C16H22O5. The molecule has 0 aromatic carbocycles. The zero-order valence-corrected chi connectivity index (χ0v) is 12.3. The minimum atomic E-state index is -0.818. The van der Waals surface area contributed by atoms with Crippen LogP contribution < -0.4 is 0 Å². The lowest BCUT2D eigenvalue weighted by Crippen LogP contribution is -2.59. The smallest absolute Gasteiger partial charge is 0.390 e. The van der Waals surface area contributed by atoms with Crippen molar-refractivity contribution in [2.45, 2.75) is 63.4 Å². The lowest BCUT2D eigenvalue weighted by atomic mass is 9.67. The Bertz CT molecular complexity index is 454. The Balaban J connectivity index is 1.51. The van der Waals surface area contributed by atoms with E-state index in [0.717, 1.165) is 44.8 Å². The summed E-state index contributed by atoms with van der Waals surface area (Å²) in [6, 6.07) is 0. The second kappa shape index (κ2) is 4.70. The topological polar surface area (TPSA) is 65.1 Å². The summed E-state index contributed by atoms with van der Waals surface area (Å²) in [5.74, 6) is 0.248. The van der Waals surface area contributed by atoms with Crippen molar-refractivity contribution in [1.82, 2.24) is 0 Å². The zero-order chi connectivity index (χ0) is 14.6. The maximum Gasteiger partial charge on any atom is 0.514 e. The largest absolute Gasteiger partial charge is 0.514 e. The van der Waals surface area contributed by atoms with Crippen molar-refractivity contribution in [2.75, 3.05) is 0 Å². The van der Waals surface area contributed by atoms with Crippen LogP contribution in [-0.4, -0.2) is 30.4 Å². The van der Waals surface area contributed by atoms with Gasteiger partial charge in [0, 0.05) is 18.3 Å². The minimum Gasteiger partial charge on any atom is -0.390 e. The number of rotatable bonds is 3. The van der Waals surface area contributed by atoms with Gasteiger partial charge in [-0.05, 0) is 43.9 Å². The van der Waals surface area contributed by atoms with E-state index in [9.17, 15) is 9.59 Å². The molecule has 0 bridgehead atoms. The van der Waals surface area contributed by atoms with Crippen molar-refractivity contribution in [2.24, 2.45) is 23.7 Å². The van der Waals surface area contributed by atoms with Crippen molar-refractivity contribution in [1.29, 1.82) is 0 Å². The number of carbonyl (C=O) groups is 2. The predicted octanol–water partition coefficient (Wildman–Crippen LogP) is 2.67. The van der Waals surface area contributed by atoms with E-state index in [1.54, 1.807) is 0 Å². The molecule has 2 saturated carbocycles. The fraction of sp³-hybridized carbons (Fsp3) is 0.875. The Hall–Kier alpha value is -1.10. The third-order valence-corrected chi connectivity index (χ3v) is 6.02. The molecule has 6 atom stereocenters. The first kappa shape index (κ1) is 13.6. The van der Waals surface area contributed by atoms with Gasteiger partial charge < -0.3 is 19.0 Å². The summed E-state index contributed by atoms with van der Waals surface area (Å²) in [7, 11) is 0. The summed E-state index contributed by atoms with van der Waals surface area (Å²) in [5, 5.41) is 0. The second-order valence-corrected chi connectivity index (χ2v) is 7.22. The Morgan fingerprint density at radius 1 is 1.29 bits per heavy atom. The van der Waals surface area contributed by atoms with E-state index in [-0.39, 0.29) is 11.8 Å². The Labute approximate surface area is 124 Å². The molecule has 5 heteroatoms. The van der Waals surface area contributed by atoms with Crippen LogP contribution in [0.5, 0.6) is 0 Å². The van der Waals surface area contributed by atoms with E-state index in [4.69, 9.17) is 14.2 Å². The number of hydrogen-bond donors (Lipinski definition) is 0.